The van der Waals surface area contributed by atoms with Crippen molar-refractivity contribution >= 4 is 21.8 Å². The van der Waals surface area contributed by atoms with E-state index in [0.717, 1.165) is 16.6 Å². The van der Waals surface area contributed by atoms with Gasteiger partial charge in [-0.2, -0.15) is 13.2 Å². The molecule has 2 rings (SSSR count). The van der Waals surface area contributed by atoms with Crippen molar-refractivity contribution in [2.75, 3.05) is 0 Å². The molecule has 2 N–H and O–H groups in total. The molecule has 2 aromatic carbocycles. The number of carbonyl (C=O) groups excluding carboxylic acids is 1. The van der Waals surface area contributed by atoms with Crippen LogP contribution in [0.4, 0.5) is 13.2 Å². The van der Waals surface area contributed by atoms with Gasteiger partial charge in [0.25, 0.3) is 5.91 Å². The van der Waals surface area contributed by atoms with Crippen LogP contribution in [0.15, 0.2) is 46.9 Å². The Labute approximate surface area is 126 Å². The maximum Gasteiger partial charge on any atom is 0.416 e. The Morgan fingerprint density at radius 2 is 1.86 bits per heavy atom. The van der Waals surface area contributed by atoms with Crippen molar-refractivity contribution in [3.05, 3.63) is 58.1 Å². The van der Waals surface area contributed by atoms with Crippen LogP contribution in [0.1, 0.15) is 15.9 Å². The molecule has 0 heterocycles. The van der Waals surface area contributed by atoms with Gasteiger partial charge in [0.15, 0.2) is 0 Å². The molecule has 0 radical (unpaired) electrons. The second-order valence-electron chi connectivity index (χ2n) is 4.13. The number of hydrogen-bond donors (Lipinski definition) is 1. The lowest BCUT2D eigenvalue weighted by Crippen LogP contribution is -2.14. The summed E-state index contributed by atoms with van der Waals surface area (Å²) in [5.41, 5.74) is 3.83. The van der Waals surface area contributed by atoms with E-state index < -0.39 is 17.6 Å². The number of carbonyl (C=O) groups is 1. The predicted octanol–water partition coefficient (Wildman–Crippen LogP) is 4.36. The first-order chi connectivity index (χ1) is 9.77. The number of nitrogens with two attached hydrogens (primary N) is 1. The molecule has 2 aromatic rings. The first kappa shape index (κ1) is 15.4. The third-order valence-corrected chi connectivity index (χ3v) is 3.09. The minimum atomic E-state index is -4.56. The maximum atomic E-state index is 12.6. The Kier molecular flexibility index (Phi) is 4.22. The third-order valence-electron chi connectivity index (χ3n) is 2.60. The topological polar surface area (TPSA) is 52.3 Å². The van der Waals surface area contributed by atoms with Gasteiger partial charge in [-0.05, 0) is 36.4 Å². The number of halogens is 4. The second kappa shape index (κ2) is 5.77. The molecule has 0 saturated heterocycles. The fourth-order valence-corrected chi connectivity index (χ4v) is 2.02. The van der Waals surface area contributed by atoms with Crippen LogP contribution in [0.2, 0.25) is 0 Å². The molecule has 21 heavy (non-hydrogen) atoms. The highest BCUT2D eigenvalue weighted by atomic mass is 79.9. The van der Waals surface area contributed by atoms with Crippen molar-refractivity contribution in [1.82, 2.24) is 0 Å². The fourth-order valence-electron chi connectivity index (χ4n) is 1.65. The van der Waals surface area contributed by atoms with Gasteiger partial charge in [0, 0.05) is 4.47 Å². The number of rotatable bonds is 3. The molecule has 0 bridgehead atoms. The van der Waals surface area contributed by atoms with E-state index in [1.807, 2.05) is 0 Å². The molecule has 0 aliphatic carbocycles. The summed E-state index contributed by atoms with van der Waals surface area (Å²) in [6.45, 7) is 0. The average Bonchev–Trinajstić information content (AvgIpc) is 2.37. The smallest absolute Gasteiger partial charge is 0.416 e. The Bertz CT molecular complexity index is 686. The van der Waals surface area contributed by atoms with Crippen LogP contribution in [0.5, 0.6) is 11.5 Å². The van der Waals surface area contributed by atoms with Crippen molar-refractivity contribution in [2.24, 2.45) is 5.73 Å². The molecule has 0 aliphatic rings. The average molecular weight is 360 g/mol. The number of benzene rings is 2. The van der Waals surface area contributed by atoms with Gasteiger partial charge in [-0.3, -0.25) is 4.79 Å². The Morgan fingerprint density at radius 1 is 1.14 bits per heavy atom. The highest BCUT2D eigenvalue weighted by molar-refractivity contribution is 9.10. The molecule has 7 heteroatoms. The summed E-state index contributed by atoms with van der Waals surface area (Å²) in [6.07, 6.45) is -4.56. The zero-order chi connectivity index (χ0) is 15.6. The van der Waals surface area contributed by atoms with E-state index >= 15 is 0 Å². The van der Waals surface area contributed by atoms with Crippen LogP contribution in [0.3, 0.4) is 0 Å². The van der Waals surface area contributed by atoms with Crippen LogP contribution in [-0.4, -0.2) is 5.91 Å². The minimum Gasteiger partial charge on any atom is -0.456 e. The van der Waals surface area contributed by atoms with Crippen LogP contribution in [0, 0.1) is 0 Å². The van der Waals surface area contributed by atoms with Crippen molar-refractivity contribution in [3.8, 4) is 11.5 Å². The van der Waals surface area contributed by atoms with Crippen molar-refractivity contribution < 1.29 is 22.7 Å². The first-order valence-electron chi connectivity index (χ1n) is 5.72. The van der Waals surface area contributed by atoms with E-state index in [1.165, 1.54) is 0 Å². The van der Waals surface area contributed by atoms with E-state index in [0.29, 0.717) is 11.8 Å². The second-order valence-corrected chi connectivity index (χ2v) is 5.05. The monoisotopic (exact) mass is 359 g/mol. The largest absolute Gasteiger partial charge is 0.456 e. The highest BCUT2D eigenvalue weighted by Crippen LogP contribution is 2.34. The van der Waals surface area contributed by atoms with E-state index in [2.05, 4.69) is 15.9 Å². The zero-order valence-electron chi connectivity index (χ0n) is 10.4. The molecule has 3 nitrogen and oxygen atoms in total. The van der Waals surface area contributed by atoms with Gasteiger partial charge in [-0.1, -0.05) is 22.0 Å². The Hall–Kier alpha value is -2.02. The molecule has 0 aliphatic heterocycles. The first-order valence-corrected chi connectivity index (χ1v) is 6.51. The Balaban J connectivity index is 2.42. The van der Waals surface area contributed by atoms with Gasteiger partial charge in [0.2, 0.25) is 0 Å². The molecular formula is C14H9BrF3NO2. The molecule has 0 fully saturated rings. The summed E-state index contributed by atoms with van der Waals surface area (Å²) >= 11 is 3.24. The summed E-state index contributed by atoms with van der Waals surface area (Å²) in [6, 6.07) is 9.25. The number of hydrogen-bond acceptors (Lipinski definition) is 2. The summed E-state index contributed by atoms with van der Waals surface area (Å²) in [7, 11) is 0. The maximum absolute atomic E-state index is 12.6. The van der Waals surface area contributed by atoms with E-state index in [9.17, 15) is 18.0 Å². The van der Waals surface area contributed by atoms with Crippen LogP contribution < -0.4 is 10.5 Å². The third kappa shape index (κ3) is 3.75. The summed E-state index contributed by atoms with van der Waals surface area (Å²) in [4.78, 5) is 11.3. The van der Waals surface area contributed by atoms with Crippen molar-refractivity contribution in [1.29, 1.82) is 0 Å². The van der Waals surface area contributed by atoms with Gasteiger partial charge in [0.1, 0.15) is 11.5 Å². The van der Waals surface area contributed by atoms with E-state index in [1.54, 1.807) is 24.3 Å². The molecule has 0 aromatic heterocycles. The van der Waals surface area contributed by atoms with E-state index in [4.69, 9.17) is 10.5 Å². The van der Waals surface area contributed by atoms with Gasteiger partial charge < -0.3 is 10.5 Å². The molecule has 0 unspecified atom stereocenters. The standard InChI is InChI=1S/C14H9BrF3NO2/c15-9-2-1-3-10(7-9)21-12-5-4-8(14(16,17)18)6-11(12)13(19)20/h1-7H,(H2,19,20). The van der Waals surface area contributed by atoms with Crippen LogP contribution in [0.25, 0.3) is 0 Å². The lowest BCUT2D eigenvalue weighted by molar-refractivity contribution is -0.137. The summed E-state index contributed by atoms with van der Waals surface area (Å²) < 4.78 is 44.1. The van der Waals surface area contributed by atoms with Crippen molar-refractivity contribution in [2.45, 2.75) is 6.18 Å². The Morgan fingerprint density at radius 3 is 2.43 bits per heavy atom. The number of amides is 1. The molecular weight excluding hydrogens is 351 g/mol. The number of primary amides is 1. The SMILES string of the molecule is NC(=O)c1cc(C(F)(F)F)ccc1Oc1cccc(Br)c1. The fraction of sp³-hybridized carbons (Fsp3) is 0.0714. The number of ether oxygens (including phenoxy) is 1. The van der Waals surface area contributed by atoms with Crippen LogP contribution >= 0.6 is 15.9 Å². The van der Waals surface area contributed by atoms with Gasteiger partial charge in [-0.15, -0.1) is 0 Å². The minimum absolute atomic E-state index is 0.0337. The van der Waals surface area contributed by atoms with Gasteiger partial charge >= 0.3 is 6.18 Å². The van der Waals surface area contributed by atoms with Gasteiger partial charge in [-0.25, -0.2) is 0 Å². The van der Waals surface area contributed by atoms with E-state index in [-0.39, 0.29) is 11.3 Å². The van der Waals surface area contributed by atoms with Crippen molar-refractivity contribution in [3.63, 3.8) is 0 Å². The van der Waals surface area contributed by atoms with Gasteiger partial charge in [0.05, 0.1) is 11.1 Å². The lowest BCUT2D eigenvalue weighted by Gasteiger charge is -2.12. The predicted molar refractivity (Wildman–Crippen MR) is 74.2 cm³/mol. The highest BCUT2D eigenvalue weighted by Gasteiger charge is 2.31. The molecule has 1 amide bonds. The molecule has 110 valence electrons. The number of alkyl halides is 3. The molecule has 0 spiro atoms. The zero-order valence-corrected chi connectivity index (χ0v) is 12.0. The van der Waals surface area contributed by atoms with Crippen LogP contribution in [-0.2, 0) is 6.18 Å². The summed E-state index contributed by atoms with van der Waals surface area (Å²) in [5, 5.41) is 0. The molecule has 0 atom stereocenters. The normalized spacial score (nSPS) is 11.2. The quantitative estimate of drug-likeness (QED) is 0.884. The molecule has 0 saturated carbocycles. The lowest BCUT2D eigenvalue weighted by atomic mass is 10.1. The summed E-state index contributed by atoms with van der Waals surface area (Å²) in [5.74, 6) is -0.661.